The molecule has 0 unspecified atom stereocenters. The third kappa shape index (κ3) is 1.82. The second kappa shape index (κ2) is 3.74. The Morgan fingerprint density at radius 1 is 1.60 bits per heavy atom. The molecule has 1 N–H and O–H groups in total. The summed E-state index contributed by atoms with van der Waals surface area (Å²) in [5.41, 5.74) is 0. The molecule has 58 valence electrons. The second-order valence-electron chi connectivity index (χ2n) is 2.84. The summed E-state index contributed by atoms with van der Waals surface area (Å²) in [5.74, 6) is 0.547. The summed E-state index contributed by atoms with van der Waals surface area (Å²) in [6.45, 7) is 5.57. The van der Waals surface area contributed by atoms with Gasteiger partial charge in [0.2, 0.25) is 0 Å². The number of allylic oxidation sites excluding steroid dienone is 1. The van der Waals surface area contributed by atoms with Crippen LogP contribution >= 0.6 is 0 Å². The smallest absolute Gasteiger partial charge is 0.0483 e. The van der Waals surface area contributed by atoms with Crippen molar-refractivity contribution >= 4 is 0 Å². The number of hydrogen-bond donors (Lipinski definition) is 1. The Balaban J connectivity index is 2.03. The standard InChI is InChI=1S/C8H15NO/c1-2-3-4-9-5-8(6-9)7-10/h2-3,8,10H,4-7H2,1H3. The van der Waals surface area contributed by atoms with E-state index in [9.17, 15) is 0 Å². The molecule has 1 heterocycles. The van der Waals surface area contributed by atoms with Gasteiger partial charge in [0, 0.05) is 32.2 Å². The van der Waals surface area contributed by atoms with E-state index in [1.54, 1.807) is 0 Å². The highest BCUT2D eigenvalue weighted by molar-refractivity contribution is 4.87. The highest BCUT2D eigenvalue weighted by Gasteiger charge is 2.23. The maximum Gasteiger partial charge on any atom is 0.0483 e. The van der Waals surface area contributed by atoms with Gasteiger partial charge in [-0.2, -0.15) is 0 Å². The molecule has 1 saturated heterocycles. The number of aliphatic hydroxyl groups is 1. The topological polar surface area (TPSA) is 23.5 Å². The van der Waals surface area contributed by atoms with Gasteiger partial charge in [0.25, 0.3) is 0 Å². The summed E-state index contributed by atoms with van der Waals surface area (Å²) in [7, 11) is 0. The van der Waals surface area contributed by atoms with Crippen LogP contribution in [0.2, 0.25) is 0 Å². The third-order valence-electron chi connectivity index (χ3n) is 1.89. The van der Waals surface area contributed by atoms with Crippen molar-refractivity contribution in [1.29, 1.82) is 0 Å². The first-order valence-electron chi connectivity index (χ1n) is 3.81. The molecule has 0 aromatic heterocycles. The first kappa shape index (κ1) is 7.76. The molecular weight excluding hydrogens is 126 g/mol. The van der Waals surface area contributed by atoms with Crippen molar-refractivity contribution < 1.29 is 5.11 Å². The quantitative estimate of drug-likeness (QED) is 0.578. The average Bonchev–Trinajstić information content (AvgIpc) is 1.86. The molecule has 0 spiro atoms. The summed E-state index contributed by atoms with van der Waals surface area (Å²) in [5, 5.41) is 8.68. The van der Waals surface area contributed by atoms with Gasteiger partial charge in [-0.25, -0.2) is 0 Å². The molecule has 1 aliphatic heterocycles. The highest BCUT2D eigenvalue weighted by Crippen LogP contribution is 2.13. The minimum absolute atomic E-state index is 0.354. The lowest BCUT2D eigenvalue weighted by atomic mass is 10.0. The largest absolute Gasteiger partial charge is 0.396 e. The van der Waals surface area contributed by atoms with Crippen LogP contribution in [0.3, 0.4) is 0 Å². The third-order valence-corrected chi connectivity index (χ3v) is 1.89. The predicted molar refractivity (Wildman–Crippen MR) is 41.8 cm³/mol. The molecule has 2 nitrogen and oxygen atoms in total. The van der Waals surface area contributed by atoms with Crippen molar-refractivity contribution in [3.05, 3.63) is 12.2 Å². The molecular formula is C8H15NO. The van der Waals surface area contributed by atoms with Crippen LogP contribution in [0.15, 0.2) is 12.2 Å². The molecule has 2 heteroatoms. The molecule has 1 fully saturated rings. The number of aliphatic hydroxyl groups excluding tert-OH is 1. The summed E-state index contributed by atoms with van der Waals surface area (Å²) >= 11 is 0. The van der Waals surface area contributed by atoms with Crippen LogP contribution in [-0.4, -0.2) is 36.2 Å². The molecule has 10 heavy (non-hydrogen) atoms. The van der Waals surface area contributed by atoms with Crippen LogP contribution in [0, 0.1) is 5.92 Å². The Morgan fingerprint density at radius 3 is 2.80 bits per heavy atom. The van der Waals surface area contributed by atoms with Crippen molar-refractivity contribution in [1.82, 2.24) is 4.90 Å². The van der Waals surface area contributed by atoms with Gasteiger partial charge in [0.05, 0.1) is 0 Å². The molecule has 0 atom stereocenters. The zero-order chi connectivity index (χ0) is 7.40. The number of likely N-dealkylation sites (tertiary alicyclic amines) is 1. The van der Waals surface area contributed by atoms with Crippen LogP contribution in [0.1, 0.15) is 6.92 Å². The van der Waals surface area contributed by atoms with Crippen molar-refractivity contribution in [2.24, 2.45) is 5.92 Å². The zero-order valence-electron chi connectivity index (χ0n) is 6.45. The first-order chi connectivity index (χ1) is 4.86. The van der Waals surface area contributed by atoms with Gasteiger partial charge in [-0.15, -0.1) is 0 Å². The van der Waals surface area contributed by atoms with Gasteiger partial charge < -0.3 is 5.11 Å². The number of rotatable bonds is 3. The van der Waals surface area contributed by atoms with Gasteiger partial charge in [-0.05, 0) is 6.92 Å². The van der Waals surface area contributed by atoms with Crippen LogP contribution in [-0.2, 0) is 0 Å². The SMILES string of the molecule is CC=CCN1CC(CO)C1. The number of nitrogens with zero attached hydrogens (tertiary/aromatic N) is 1. The molecule has 1 rings (SSSR count). The van der Waals surface area contributed by atoms with Gasteiger partial charge in [0.1, 0.15) is 0 Å². The lowest BCUT2D eigenvalue weighted by Crippen LogP contribution is -2.48. The highest BCUT2D eigenvalue weighted by atomic mass is 16.3. The predicted octanol–water partition coefficient (Wildman–Crippen LogP) is 0.487. The minimum atomic E-state index is 0.354. The van der Waals surface area contributed by atoms with E-state index in [-0.39, 0.29) is 0 Å². The molecule has 0 aliphatic carbocycles. The second-order valence-corrected chi connectivity index (χ2v) is 2.84. The normalized spacial score (nSPS) is 21.8. The van der Waals surface area contributed by atoms with E-state index in [1.165, 1.54) is 0 Å². The van der Waals surface area contributed by atoms with E-state index in [0.29, 0.717) is 12.5 Å². The van der Waals surface area contributed by atoms with E-state index in [2.05, 4.69) is 17.1 Å². The molecule has 0 aromatic rings. The first-order valence-corrected chi connectivity index (χ1v) is 3.81. The Labute approximate surface area is 62.2 Å². The Bertz CT molecular complexity index is 116. The van der Waals surface area contributed by atoms with Crippen LogP contribution in [0.25, 0.3) is 0 Å². The van der Waals surface area contributed by atoms with Crippen LogP contribution in [0.5, 0.6) is 0 Å². The molecule has 0 radical (unpaired) electrons. The van der Waals surface area contributed by atoms with Crippen molar-refractivity contribution in [3.63, 3.8) is 0 Å². The summed E-state index contributed by atoms with van der Waals surface area (Å²) < 4.78 is 0. The van der Waals surface area contributed by atoms with E-state index in [4.69, 9.17) is 5.11 Å². The molecule has 0 bridgehead atoms. The van der Waals surface area contributed by atoms with Gasteiger partial charge in [-0.3, -0.25) is 4.90 Å². The van der Waals surface area contributed by atoms with E-state index in [0.717, 1.165) is 19.6 Å². The van der Waals surface area contributed by atoms with E-state index < -0.39 is 0 Å². The van der Waals surface area contributed by atoms with Crippen LogP contribution in [0.4, 0.5) is 0 Å². The minimum Gasteiger partial charge on any atom is -0.396 e. The Hall–Kier alpha value is -0.340. The zero-order valence-corrected chi connectivity index (χ0v) is 6.45. The Morgan fingerprint density at radius 2 is 2.30 bits per heavy atom. The fourth-order valence-corrected chi connectivity index (χ4v) is 1.20. The van der Waals surface area contributed by atoms with Crippen molar-refractivity contribution in [2.45, 2.75) is 6.92 Å². The lowest BCUT2D eigenvalue weighted by molar-refractivity contribution is 0.0638. The summed E-state index contributed by atoms with van der Waals surface area (Å²) in [6.07, 6.45) is 4.21. The average molecular weight is 141 g/mol. The summed E-state index contributed by atoms with van der Waals surface area (Å²) in [4.78, 5) is 2.32. The molecule has 1 aliphatic rings. The van der Waals surface area contributed by atoms with E-state index >= 15 is 0 Å². The summed E-state index contributed by atoms with van der Waals surface area (Å²) in [6, 6.07) is 0. The van der Waals surface area contributed by atoms with Crippen molar-refractivity contribution in [3.8, 4) is 0 Å². The molecule has 0 aromatic carbocycles. The van der Waals surface area contributed by atoms with Crippen LogP contribution < -0.4 is 0 Å². The molecule has 0 amide bonds. The van der Waals surface area contributed by atoms with Gasteiger partial charge in [0.15, 0.2) is 0 Å². The Kier molecular flexibility index (Phi) is 2.90. The number of hydrogen-bond acceptors (Lipinski definition) is 2. The van der Waals surface area contributed by atoms with E-state index in [1.807, 2.05) is 6.92 Å². The maximum absolute atomic E-state index is 8.68. The maximum atomic E-state index is 8.68. The van der Waals surface area contributed by atoms with Gasteiger partial charge >= 0.3 is 0 Å². The fourth-order valence-electron chi connectivity index (χ4n) is 1.20. The monoisotopic (exact) mass is 141 g/mol. The lowest BCUT2D eigenvalue weighted by Gasteiger charge is -2.37. The van der Waals surface area contributed by atoms with Crippen molar-refractivity contribution in [2.75, 3.05) is 26.2 Å². The van der Waals surface area contributed by atoms with Gasteiger partial charge in [-0.1, -0.05) is 12.2 Å². The molecule has 0 saturated carbocycles. The fraction of sp³-hybridized carbons (Fsp3) is 0.750.